The summed E-state index contributed by atoms with van der Waals surface area (Å²) in [5.41, 5.74) is 1.07. The highest BCUT2D eigenvalue weighted by Gasteiger charge is 2.43. The largest absolute Gasteiger partial charge is 0.508 e. The zero-order valence-electron chi connectivity index (χ0n) is 17.9. The van der Waals surface area contributed by atoms with E-state index in [1.807, 2.05) is 55.1 Å². The van der Waals surface area contributed by atoms with Crippen LogP contribution >= 0.6 is 12.2 Å². The van der Waals surface area contributed by atoms with Gasteiger partial charge in [-0.1, -0.05) is 36.5 Å². The molecule has 3 aromatic rings. The molecule has 4 rings (SSSR count). The van der Waals surface area contributed by atoms with Crippen LogP contribution in [0.15, 0.2) is 66.7 Å². The molecule has 0 saturated carbocycles. The van der Waals surface area contributed by atoms with Gasteiger partial charge in [-0.2, -0.15) is 18.4 Å². The van der Waals surface area contributed by atoms with E-state index in [0.717, 1.165) is 22.9 Å². The van der Waals surface area contributed by atoms with Gasteiger partial charge in [0, 0.05) is 11.4 Å². The average molecular weight is 468 g/mol. The molecular formula is C25H20F3N3OS. The Morgan fingerprint density at radius 1 is 0.939 bits per heavy atom. The number of nitrogens with zero attached hydrogens (tertiary/aromatic N) is 3. The van der Waals surface area contributed by atoms with E-state index in [4.69, 9.17) is 17.5 Å². The molecule has 0 aliphatic carbocycles. The van der Waals surface area contributed by atoms with Crippen LogP contribution in [0, 0.1) is 11.3 Å². The molecule has 1 saturated heterocycles. The summed E-state index contributed by atoms with van der Waals surface area (Å²) in [5.74, 6) is 0.194. The van der Waals surface area contributed by atoms with E-state index in [2.05, 4.69) is 0 Å². The lowest BCUT2D eigenvalue weighted by Crippen LogP contribution is -2.42. The lowest BCUT2D eigenvalue weighted by molar-refractivity contribution is -0.137. The number of phenolic OH excluding ortho intramolecular Hbond substituents is 1. The predicted molar refractivity (Wildman–Crippen MR) is 126 cm³/mol. The third kappa shape index (κ3) is 4.12. The zero-order valence-corrected chi connectivity index (χ0v) is 18.7. The fourth-order valence-electron chi connectivity index (χ4n) is 3.95. The molecule has 33 heavy (non-hydrogen) atoms. The third-order valence-electron chi connectivity index (χ3n) is 5.85. The molecule has 0 aromatic heterocycles. The third-order valence-corrected chi connectivity index (χ3v) is 6.57. The van der Waals surface area contributed by atoms with Crippen LogP contribution in [-0.4, -0.2) is 22.3 Å². The number of nitriles is 1. The molecule has 1 fully saturated rings. The van der Waals surface area contributed by atoms with Crippen LogP contribution < -0.4 is 9.80 Å². The van der Waals surface area contributed by atoms with Gasteiger partial charge < -0.3 is 14.9 Å². The minimum absolute atomic E-state index is 0.194. The zero-order chi connectivity index (χ0) is 24.0. The molecule has 3 aromatic carbocycles. The molecule has 0 atom stereocenters. The van der Waals surface area contributed by atoms with Crippen molar-refractivity contribution in [2.45, 2.75) is 25.6 Å². The van der Waals surface area contributed by atoms with E-state index in [-0.39, 0.29) is 12.4 Å². The van der Waals surface area contributed by atoms with Crippen LogP contribution in [0.4, 0.5) is 24.5 Å². The first kappa shape index (κ1) is 22.6. The van der Waals surface area contributed by atoms with Gasteiger partial charge in [-0.05, 0) is 67.4 Å². The van der Waals surface area contributed by atoms with Crippen LogP contribution in [0.25, 0.3) is 11.1 Å². The van der Waals surface area contributed by atoms with Crippen molar-refractivity contribution in [1.82, 2.24) is 0 Å². The Hall–Kier alpha value is -3.57. The minimum atomic E-state index is -4.64. The van der Waals surface area contributed by atoms with Crippen molar-refractivity contribution in [3.8, 4) is 22.9 Å². The summed E-state index contributed by atoms with van der Waals surface area (Å²) in [4.78, 5) is 4.18. The molecule has 168 valence electrons. The van der Waals surface area contributed by atoms with E-state index >= 15 is 0 Å². The quantitative estimate of drug-likeness (QED) is 0.456. The van der Waals surface area contributed by atoms with Crippen LogP contribution in [0.1, 0.15) is 25.0 Å². The van der Waals surface area contributed by atoms with E-state index in [9.17, 15) is 18.3 Å². The van der Waals surface area contributed by atoms with Crippen LogP contribution in [0.2, 0.25) is 0 Å². The summed E-state index contributed by atoms with van der Waals surface area (Å²) in [6.45, 7) is 4.13. The van der Waals surface area contributed by atoms with Gasteiger partial charge >= 0.3 is 6.18 Å². The maximum atomic E-state index is 13.5. The van der Waals surface area contributed by atoms with Gasteiger partial charge in [0.25, 0.3) is 0 Å². The first-order valence-electron chi connectivity index (χ1n) is 10.1. The van der Waals surface area contributed by atoms with Crippen molar-refractivity contribution < 1.29 is 18.3 Å². The highest BCUT2D eigenvalue weighted by Crippen LogP contribution is 2.39. The van der Waals surface area contributed by atoms with Crippen molar-refractivity contribution in [2.75, 3.05) is 16.5 Å². The number of alkyl halides is 3. The van der Waals surface area contributed by atoms with Crippen molar-refractivity contribution in [2.24, 2.45) is 0 Å². The number of hydrogen-bond donors (Lipinski definition) is 1. The Balaban J connectivity index is 1.66. The van der Waals surface area contributed by atoms with Crippen molar-refractivity contribution in [3.05, 3.63) is 77.9 Å². The van der Waals surface area contributed by atoms with Gasteiger partial charge in [0.1, 0.15) is 10.7 Å². The van der Waals surface area contributed by atoms with Crippen molar-refractivity contribution in [3.63, 3.8) is 0 Å². The van der Waals surface area contributed by atoms with E-state index < -0.39 is 22.8 Å². The number of aromatic hydroxyl groups is 1. The average Bonchev–Trinajstić information content (AvgIpc) is 3.02. The molecule has 0 bridgehead atoms. The van der Waals surface area contributed by atoms with E-state index in [0.29, 0.717) is 10.7 Å². The molecular weight excluding hydrogens is 447 g/mol. The summed E-state index contributed by atoms with van der Waals surface area (Å²) in [6, 6.07) is 19.9. The minimum Gasteiger partial charge on any atom is -0.508 e. The lowest BCUT2D eigenvalue weighted by Gasteiger charge is -2.31. The summed E-state index contributed by atoms with van der Waals surface area (Å²) in [5, 5.41) is 18.6. The Bertz CT molecular complexity index is 1250. The monoisotopic (exact) mass is 467 g/mol. The van der Waals surface area contributed by atoms with Crippen LogP contribution in [0.3, 0.4) is 0 Å². The Morgan fingerprint density at radius 2 is 1.48 bits per heavy atom. The fourth-order valence-corrected chi connectivity index (χ4v) is 4.22. The molecule has 8 heteroatoms. The number of rotatable bonds is 3. The maximum Gasteiger partial charge on any atom is 0.417 e. The molecule has 1 heterocycles. The normalized spacial score (nSPS) is 15.6. The number of anilines is 2. The molecule has 0 unspecified atom stereocenters. The highest BCUT2D eigenvalue weighted by atomic mass is 32.1. The van der Waals surface area contributed by atoms with Gasteiger partial charge in [0.05, 0.1) is 29.4 Å². The first-order chi connectivity index (χ1) is 15.5. The number of halogens is 3. The molecule has 4 nitrogen and oxygen atoms in total. The van der Waals surface area contributed by atoms with Gasteiger partial charge in [0.2, 0.25) is 0 Å². The Kier molecular flexibility index (Phi) is 5.54. The standard InChI is InChI=1S/C25H20F3N3OS/c1-24(2)23(33)30(20-10-5-18(14-29)22(13-20)25(26,27)28)15-31(24)19-8-3-16(4-9-19)17-6-11-21(32)12-7-17/h3-13,32H,15H2,1-2H3. The summed E-state index contributed by atoms with van der Waals surface area (Å²) < 4.78 is 40.4. The number of thiocarbonyl (C=S) groups is 1. The smallest absolute Gasteiger partial charge is 0.417 e. The van der Waals surface area contributed by atoms with Crippen molar-refractivity contribution >= 4 is 28.6 Å². The fraction of sp³-hybridized carbons (Fsp3) is 0.200. The Morgan fingerprint density at radius 3 is 2.03 bits per heavy atom. The molecule has 0 radical (unpaired) electrons. The summed E-state index contributed by atoms with van der Waals surface area (Å²) in [7, 11) is 0. The second-order valence-corrected chi connectivity index (χ2v) is 8.68. The van der Waals surface area contributed by atoms with E-state index in [1.54, 1.807) is 23.1 Å². The maximum absolute atomic E-state index is 13.5. The van der Waals surface area contributed by atoms with Gasteiger partial charge in [-0.25, -0.2) is 0 Å². The second kappa shape index (κ2) is 8.09. The summed E-state index contributed by atoms with van der Waals surface area (Å²) in [6.07, 6.45) is -4.64. The first-order valence-corrected chi connectivity index (χ1v) is 10.5. The Labute approximate surface area is 195 Å². The van der Waals surface area contributed by atoms with E-state index in [1.165, 1.54) is 12.1 Å². The highest BCUT2D eigenvalue weighted by molar-refractivity contribution is 7.80. The van der Waals surface area contributed by atoms with Gasteiger partial charge in [-0.15, -0.1) is 0 Å². The lowest BCUT2D eigenvalue weighted by atomic mass is 10.0. The molecule has 1 aliphatic rings. The number of benzene rings is 3. The second-order valence-electron chi connectivity index (χ2n) is 8.29. The topological polar surface area (TPSA) is 50.5 Å². The predicted octanol–water partition coefficient (Wildman–Crippen LogP) is 6.34. The SMILES string of the molecule is CC1(C)C(=S)N(c2ccc(C#N)c(C(F)(F)F)c2)CN1c1ccc(-c2ccc(O)cc2)cc1. The molecule has 1 N–H and O–H groups in total. The molecule has 0 amide bonds. The van der Waals surface area contributed by atoms with Crippen LogP contribution in [-0.2, 0) is 6.18 Å². The van der Waals surface area contributed by atoms with Gasteiger partial charge in [0.15, 0.2) is 0 Å². The summed E-state index contributed by atoms with van der Waals surface area (Å²) >= 11 is 5.66. The van der Waals surface area contributed by atoms with Crippen LogP contribution in [0.5, 0.6) is 5.75 Å². The van der Waals surface area contributed by atoms with Gasteiger partial charge in [-0.3, -0.25) is 0 Å². The molecule has 1 aliphatic heterocycles. The van der Waals surface area contributed by atoms with Crippen molar-refractivity contribution in [1.29, 1.82) is 5.26 Å². The molecule has 0 spiro atoms. The number of hydrogen-bond acceptors (Lipinski definition) is 4. The number of phenols is 1.